The highest BCUT2D eigenvalue weighted by molar-refractivity contribution is 6.09. The average molecular weight is 458 g/mol. The third-order valence-electron chi connectivity index (χ3n) is 5.90. The predicted octanol–water partition coefficient (Wildman–Crippen LogP) is 4.19. The van der Waals surface area contributed by atoms with Crippen molar-refractivity contribution in [1.29, 1.82) is 0 Å². The third kappa shape index (κ3) is 4.76. The molecule has 0 saturated heterocycles. The van der Waals surface area contributed by atoms with Crippen LogP contribution in [-0.4, -0.2) is 24.7 Å². The largest absolute Gasteiger partial charge is 0.497 e. The van der Waals surface area contributed by atoms with Gasteiger partial charge in [-0.3, -0.25) is 14.4 Å². The molecular weight excluding hydrogens is 437 g/mol. The fourth-order valence-corrected chi connectivity index (χ4v) is 4.30. The second kappa shape index (κ2) is 8.73. The molecular formula is C24H21F3N2O4. The standard InChI is InChI=1S/C24H21F3N2O4/c1-33-17-7-5-13(6-8-17)14-9-19-22(20(30)10-14)18(12-21(31)29-19)23(32)28-16-4-2-3-15(11-16)24(25,26)27/h2-8,11,14,18H,9-10,12H2,1H3,(H,28,32)(H,29,31)/t14-,18-/m0/s1. The Kier molecular flexibility index (Phi) is 5.97. The van der Waals surface area contributed by atoms with Crippen LogP contribution in [0.4, 0.5) is 18.9 Å². The van der Waals surface area contributed by atoms with Crippen LogP contribution in [0, 0.1) is 5.92 Å². The summed E-state index contributed by atoms with van der Waals surface area (Å²) in [5.41, 5.74) is 0.567. The van der Waals surface area contributed by atoms with Gasteiger partial charge in [-0.1, -0.05) is 18.2 Å². The van der Waals surface area contributed by atoms with E-state index >= 15 is 0 Å². The van der Waals surface area contributed by atoms with Crippen molar-refractivity contribution in [2.75, 3.05) is 12.4 Å². The van der Waals surface area contributed by atoms with Gasteiger partial charge in [-0.15, -0.1) is 0 Å². The number of carbonyl (C=O) groups excluding carboxylic acids is 3. The van der Waals surface area contributed by atoms with Crippen LogP contribution >= 0.6 is 0 Å². The minimum absolute atomic E-state index is 0.0534. The van der Waals surface area contributed by atoms with Gasteiger partial charge in [-0.25, -0.2) is 0 Å². The van der Waals surface area contributed by atoms with Crippen LogP contribution in [-0.2, 0) is 20.6 Å². The van der Waals surface area contributed by atoms with Crippen molar-refractivity contribution in [1.82, 2.24) is 5.32 Å². The van der Waals surface area contributed by atoms with Crippen molar-refractivity contribution < 1.29 is 32.3 Å². The van der Waals surface area contributed by atoms with Crippen LogP contribution in [0.1, 0.15) is 36.3 Å². The SMILES string of the molecule is COc1ccc([C@@H]2CC(=O)C3=C(C2)NC(=O)C[C@@H]3C(=O)Nc2cccc(C(F)(F)F)c2)cc1. The van der Waals surface area contributed by atoms with Crippen LogP contribution in [0.3, 0.4) is 0 Å². The lowest BCUT2D eigenvalue weighted by atomic mass is 9.75. The van der Waals surface area contributed by atoms with Gasteiger partial charge in [0.15, 0.2) is 5.78 Å². The number of rotatable bonds is 4. The molecule has 1 heterocycles. The summed E-state index contributed by atoms with van der Waals surface area (Å²) in [6.45, 7) is 0. The van der Waals surface area contributed by atoms with Crippen molar-refractivity contribution >= 4 is 23.3 Å². The Labute approximate surface area is 187 Å². The maximum Gasteiger partial charge on any atom is 0.416 e. The van der Waals surface area contributed by atoms with Crippen molar-refractivity contribution in [3.63, 3.8) is 0 Å². The molecule has 0 unspecified atom stereocenters. The third-order valence-corrected chi connectivity index (χ3v) is 5.90. The number of anilines is 1. The van der Waals surface area contributed by atoms with E-state index in [9.17, 15) is 27.6 Å². The zero-order valence-corrected chi connectivity index (χ0v) is 17.7. The molecule has 0 fully saturated rings. The minimum atomic E-state index is -4.56. The summed E-state index contributed by atoms with van der Waals surface area (Å²) in [4.78, 5) is 38.3. The number of nitrogens with one attached hydrogen (secondary N) is 2. The Balaban J connectivity index is 1.58. The van der Waals surface area contributed by atoms with Gasteiger partial charge in [0.05, 0.1) is 18.6 Å². The molecule has 2 aromatic carbocycles. The summed E-state index contributed by atoms with van der Waals surface area (Å²) in [7, 11) is 1.55. The Morgan fingerprint density at radius 3 is 2.45 bits per heavy atom. The number of carbonyl (C=O) groups is 3. The Morgan fingerprint density at radius 1 is 1.06 bits per heavy atom. The summed E-state index contributed by atoms with van der Waals surface area (Å²) in [6.07, 6.45) is -4.28. The van der Waals surface area contributed by atoms with Crippen LogP contribution < -0.4 is 15.4 Å². The first-order valence-corrected chi connectivity index (χ1v) is 10.3. The molecule has 6 nitrogen and oxygen atoms in total. The molecule has 4 rings (SSSR count). The molecule has 2 aliphatic rings. The maximum atomic E-state index is 13.0. The summed E-state index contributed by atoms with van der Waals surface area (Å²) in [6, 6.07) is 11.5. The van der Waals surface area contributed by atoms with Gasteiger partial charge in [0.25, 0.3) is 0 Å². The number of ether oxygens (including phenoxy) is 1. The number of amides is 2. The molecule has 33 heavy (non-hydrogen) atoms. The van der Waals surface area contributed by atoms with Crippen molar-refractivity contribution in [3.8, 4) is 5.75 Å². The predicted molar refractivity (Wildman–Crippen MR) is 113 cm³/mol. The van der Waals surface area contributed by atoms with Crippen molar-refractivity contribution in [2.45, 2.75) is 31.4 Å². The number of hydrogen-bond acceptors (Lipinski definition) is 4. The van der Waals surface area contributed by atoms with Gasteiger partial charge in [0, 0.05) is 29.8 Å². The van der Waals surface area contributed by atoms with E-state index in [0.29, 0.717) is 17.9 Å². The van der Waals surface area contributed by atoms with Crippen molar-refractivity contribution in [3.05, 3.63) is 70.9 Å². The molecule has 1 aliphatic heterocycles. The molecule has 172 valence electrons. The molecule has 2 atom stereocenters. The van der Waals surface area contributed by atoms with Crippen LogP contribution in [0.5, 0.6) is 5.75 Å². The van der Waals surface area contributed by atoms with Crippen LogP contribution in [0.2, 0.25) is 0 Å². The van der Waals surface area contributed by atoms with Gasteiger partial charge in [-0.05, 0) is 48.2 Å². The van der Waals surface area contributed by atoms with E-state index in [0.717, 1.165) is 17.7 Å². The minimum Gasteiger partial charge on any atom is -0.497 e. The fraction of sp³-hybridized carbons (Fsp3) is 0.292. The zero-order valence-electron chi connectivity index (χ0n) is 17.7. The van der Waals surface area contributed by atoms with Gasteiger partial charge >= 0.3 is 6.18 Å². The highest BCUT2D eigenvalue weighted by Crippen LogP contribution is 2.39. The first-order valence-electron chi connectivity index (χ1n) is 10.3. The lowest BCUT2D eigenvalue weighted by Crippen LogP contribution is -2.43. The second-order valence-electron chi connectivity index (χ2n) is 8.07. The highest BCUT2D eigenvalue weighted by Gasteiger charge is 2.41. The summed E-state index contributed by atoms with van der Waals surface area (Å²) in [5, 5.41) is 5.15. The normalized spacial score (nSPS) is 20.7. The molecule has 1 aliphatic carbocycles. The van der Waals surface area contributed by atoms with Gasteiger partial charge in [0.1, 0.15) is 5.75 Å². The molecule has 0 bridgehead atoms. The number of methoxy groups -OCH3 is 1. The molecule has 2 amide bonds. The van der Waals surface area contributed by atoms with E-state index in [1.165, 1.54) is 12.1 Å². The summed E-state index contributed by atoms with van der Waals surface area (Å²) in [5.74, 6) is -1.92. The molecule has 0 radical (unpaired) electrons. The lowest BCUT2D eigenvalue weighted by molar-refractivity contribution is -0.137. The molecule has 2 N–H and O–H groups in total. The summed E-state index contributed by atoms with van der Waals surface area (Å²) < 4.78 is 44.1. The topological polar surface area (TPSA) is 84.5 Å². The van der Waals surface area contributed by atoms with Gasteiger partial charge in [0.2, 0.25) is 11.8 Å². The number of hydrogen-bond donors (Lipinski definition) is 2. The van der Waals surface area contributed by atoms with E-state index in [1.54, 1.807) is 19.2 Å². The first kappa shape index (κ1) is 22.6. The Morgan fingerprint density at radius 2 is 1.79 bits per heavy atom. The number of halogens is 3. The molecule has 0 spiro atoms. The highest BCUT2D eigenvalue weighted by atomic mass is 19.4. The second-order valence-corrected chi connectivity index (χ2v) is 8.07. The summed E-state index contributed by atoms with van der Waals surface area (Å²) >= 11 is 0. The monoisotopic (exact) mass is 458 g/mol. The quantitative estimate of drug-likeness (QED) is 0.720. The molecule has 2 aromatic rings. The van der Waals surface area contributed by atoms with E-state index in [-0.39, 0.29) is 35.8 Å². The smallest absolute Gasteiger partial charge is 0.416 e. The maximum absolute atomic E-state index is 13.0. The number of ketones is 1. The molecule has 9 heteroatoms. The Hall–Kier alpha value is -3.62. The van der Waals surface area contributed by atoms with E-state index in [1.807, 2.05) is 12.1 Å². The number of allylic oxidation sites excluding steroid dienone is 1. The fourth-order valence-electron chi connectivity index (χ4n) is 4.30. The number of alkyl halides is 3. The van der Waals surface area contributed by atoms with E-state index < -0.39 is 29.5 Å². The van der Waals surface area contributed by atoms with Crippen LogP contribution in [0.25, 0.3) is 0 Å². The number of benzene rings is 2. The zero-order chi connectivity index (χ0) is 23.8. The van der Waals surface area contributed by atoms with Gasteiger partial charge in [-0.2, -0.15) is 13.2 Å². The number of Topliss-reactive ketones (excluding diaryl/α,β-unsaturated/α-hetero) is 1. The van der Waals surface area contributed by atoms with Gasteiger partial charge < -0.3 is 15.4 Å². The first-order chi connectivity index (χ1) is 15.7. The van der Waals surface area contributed by atoms with Crippen LogP contribution in [0.15, 0.2) is 59.8 Å². The lowest BCUT2D eigenvalue weighted by Gasteiger charge is -2.33. The van der Waals surface area contributed by atoms with E-state index in [2.05, 4.69) is 10.6 Å². The van der Waals surface area contributed by atoms with Crippen molar-refractivity contribution in [2.24, 2.45) is 5.92 Å². The Bertz CT molecular complexity index is 1140. The molecule has 0 aromatic heterocycles. The average Bonchev–Trinajstić information content (AvgIpc) is 2.77. The van der Waals surface area contributed by atoms with E-state index in [4.69, 9.17) is 4.74 Å². The molecule has 0 saturated carbocycles.